The fourth-order valence-electron chi connectivity index (χ4n) is 5.13. The van der Waals surface area contributed by atoms with Crippen molar-refractivity contribution < 1.29 is 50.1 Å². The molecule has 0 fully saturated rings. The fourth-order valence-corrected chi connectivity index (χ4v) is 5.13. The summed E-state index contributed by atoms with van der Waals surface area (Å²) in [4.78, 5) is 38.5. The normalized spacial score (nSPS) is 11.3. The van der Waals surface area contributed by atoms with Crippen LogP contribution in [0.15, 0.2) is 41.2 Å². The van der Waals surface area contributed by atoms with Gasteiger partial charge in [-0.15, -0.1) is 0 Å². The van der Waals surface area contributed by atoms with E-state index in [1.165, 1.54) is 96.3 Å². The predicted octanol–water partition coefficient (Wildman–Crippen LogP) is 4.52. The molecule has 0 bridgehead atoms. The van der Waals surface area contributed by atoms with E-state index in [4.69, 9.17) is 18.7 Å². The van der Waals surface area contributed by atoms with E-state index in [2.05, 4.69) is 17.4 Å². The number of aromatic nitrogens is 2. The van der Waals surface area contributed by atoms with Crippen LogP contribution in [0.5, 0.6) is 5.88 Å². The Labute approximate surface area is 287 Å². The lowest BCUT2D eigenvalue weighted by atomic mass is 10.0. The number of amides is 3. The van der Waals surface area contributed by atoms with E-state index in [-0.39, 0.29) is 38.0 Å². The second kappa shape index (κ2) is 26.7. The number of aryl methyl sites for hydroxylation is 1. The Morgan fingerprint density at radius 3 is 2.00 bits per heavy atom. The van der Waals surface area contributed by atoms with Gasteiger partial charge in [0.2, 0.25) is 11.6 Å². The summed E-state index contributed by atoms with van der Waals surface area (Å²) >= 11 is 0. The number of carbonyl (C=O) groups excluding carboxylic acids is 3. The quantitative estimate of drug-likeness (QED) is 0.120. The molecule has 0 saturated heterocycles. The lowest BCUT2D eigenvalue weighted by Crippen LogP contribution is -3.00. The third-order valence-corrected chi connectivity index (χ3v) is 7.84. The second-order valence-corrected chi connectivity index (χ2v) is 11.7. The van der Waals surface area contributed by atoms with Crippen molar-refractivity contribution in [1.29, 1.82) is 0 Å². The Hall–Kier alpha value is -3.34. The summed E-state index contributed by atoms with van der Waals surface area (Å²) in [7, 11) is 0. The third kappa shape index (κ3) is 19.2. The highest BCUT2D eigenvalue weighted by atomic mass is 35.5. The van der Waals surface area contributed by atoms with Crippen molar-refractivity contribution >= 4 is 18.1 Å². The number of rotatable bonds is 25. The van der Waals surface area contributed by atoms with Crippen LogP contribution in [0.1, 0.15) is 123 Å². The number of hydrogen-bond acceptors (Lipinski definition) is 8. The zero-order valence-corrected chi connectivity index (χ0v) is 29.5. The maximum atomic E-state index is 12.9. The number of alkyl carbamates (subject to hydrolysis) is 1. The lowest BCUT2D eigenvalue weighted by Gasteiger charge is -2.21. The molecular formula is C35H57ClN4O7. The Balaban J connectivity index is 0.0000110. The van der Waals surface area contributed by atoms with E-state index < -0.39 is 24.2 Å². The van der Waals surface area contributed by atoms with Crippen LogP contribution in [-0.2, 0) is 27.4 Å². The first-order chi connectivity index (χ1) is 22.4. The summed E-state index contributed by atoms with van der Waals surface area (Å²) in [6, 6.07) is 7.06. The van der Waals surface area contributed by atoms with Crippen molar-refractivity contribution in [3.8, 4) is 5.88 Å². The first-order valence-electron chi connectivity index (χ1n) is 17.3. The smallest absolute Gasteiger partial charge is 0.417 e. The van der Waals surface area contributed by atoms with Gasteiger partial charge in [-0.25, -0.2) is 19.1 Å². The number of ether oxygens (including phenoxy) is 3. The highest BCUT2D eigenvalue weighted by Crippen LogP contribution is 2.14. The Morgan fingerprint density at radius 1 is 0.851 bits per heavy atom. The Bertz CT molecular complexity index is 1100. The van der Waals surface area contributed by atoms with Gasteiger partial charge in [0.15, 0.2) is 12.3 Å². The van der Waals surface area contributed by atoms with Crippen LogP contribution in [0.4, 0.5) is 9.59 Å². The minimum Gasteiger partial charge on any atom is -1.00 e. The number of carbonyl (C=O) groups is 3. The molecule has 12 heteroatoms. The first kappa shape index (κ1) is 41.7. The number of unbranched alkanes of at least 4 members (excludes halogenated alkanes) is 14. The highest BCUT2D eigenvalue weighted by molar-refractivity contribution is 5.90. The van der Waals surface area contributed by atoms with Gasteiger partial charge < -0.3 is 36.5 Å². The molecule has 3 amide bonds. The van der Waals surface area contributed by atoms with Crippen LogP contribution in [0.2, 0.25) is 0 Å². The van der Waals surface area contributed by atoms with Gasteiger partial charge >= 0.3 is 12.2 Å². The lowest BCUT2D eigenvalue weighted by molar-refractivity contribution is -0.701. The van der Waals surface area contributed by atoms with Gasteiger partial charge in [-0.05, 0) is 18.5 Å². The number of hydrogen-bond donors (Lipinski definition) is 1. The van der Waals surface area contributed by atoms with Crippen LogP contribution in [0.3, 0.4) is 0 Å². The van der Waals surface area contributed by atoms with Crippen molar-refractivity contribution in [3.63, 3.8) is 0 Å². The Kier molecular flexibility index (Phi) is 23.7. The molecule has 266 valence electrons. The van der Waals surface area contributed by atoms with Gasteiger partial charge in [0, 0.05) is 31.7 Å². The zero-order valence-electron chi connectivity index (χ0n) is 28.8. The van der Waals surface area contributed by atoms with Gasteiger partial charge in [0.05, 0.1) is 0 Å². The van der Waals surface area contributed by atoms with Crippen molar-refractivity contribution in [2.24, 2.45) is 0 Å². The SMILES string of the molecule is CCCCCCCCCCCCCCCCCNC(=O)OCC(COC(=O)N(Cc1cccc[n+]1CC)C(C)=O)Oc1ccon1.[Cl-]. The minimum atomic E-state index is -0.864. The topological polar surface area (TPSA) is 124 Å². The van der Waals surface area contributed by atoms with E-state index in [0.29, 0.717) is 13.1 Å². The van der Waals surface area contributed by atoms with Gasteiger partial charge in [-0.3, -0.25) is 4.79 Å². The molecule has 0 aliphatic rings. The van der Waals surface area contributed by atoms with Crippen molar-refractivity contribution in [3.05, 3.63) is 42.4 Å². The summed E-state index contributed by atoms with van der Waals surface area (Å²) in [5.74, 6) is -0.306. The molecule has 2 aromatic heterocycles. The molecule has 0 aliphatic carbocycles. The summed E-state index contributed by atoms with van der Waals surface area (Å²) in [5.41, 5.74) is 0.779. The van der Waals surface area contributed by atoms with Gasteiger partial charge in [0.1, 0.15) is 32.6 Å². The molecule has 1 N–H and O–H groups in total. The number of nitrogens with zero attached hydrogens (tertiary/aromatic N) is 3. The number of halogens is 1. The molecule has 0 saturated carbocycles. The van der Waals surface area contributed by atoms with Crippen molar-refractivity contribution in [1.82, 2.24) is 15.4 Å². The fraction of sp³-hybridized carbons (Fsp3) is 0.686. The molecule has 1 unspecified atom stereocenters. The van der Waals surface area contributed by atoms with Crippen LogP contribution in [0.25, 0.3) is 0 Å². The zero-order chi connectivity index (χ0) is 33.2. The summed E-state index contributed by atoms with van der Waals surface area (Å²) in [5, 5.41) is 6.48. The van der Waals surface area contributed by atoms with E-state index in [1.54, 1.807) is 0 Å². The Morgan fingerprint density at radius 2 is 1.45 bits per heavy atom. The molecule has 11 nitrogen and oxygen atoms in total. The number of imide groups is 1. The maximum absolute atomic E-state index is 12.9. The monoisotopic (exact) mass is 680 g/mol. The predicted molar refractivity (Wildman–Crippen MR) is 175 cm³/mol. The molecule has 2 rings (SSSR count). The highest BCUT2D eigenvalue weighted by Gasteiger charge is 2.26. The molecule has 2 heterocycles. The standard InChI is InChI=1S/C35H56N4O7.ClH/c1-4-6-7-8-9-10-11-12-13-14-15-16-17-18-20-24-36-34(41)43-28-32(46-33-23-26-45-37-33)29-44-35(42)39(30(3)40)27-31-22-19-21-25-38(31)5-2;/h19,21-23,25-26,32H,4-18,20,24,27-29H2,1-3H3;1H. The average Bonchev–Trinajstić information content (AvgIpc) is 3.57. The molecule has 47 heavy (non-hydrogen) atoms. The largest absolute Gasteiger partial charge is 1.00 e. The van der Waals surface area contributed by atoms with Gasteiger partial charge in [-0.1, -0.05) is 103 Å². The number of pyridine rings is 1. The average molecular weight is 681 g/mol. The molecule has 0 aromatic carbocycles. The van der Waals surface area contributed by atoms with Crippen LogP contribution in [0, 0.1) is 0 Å². The van der Waals surface area contributed by atoms with Gasteiger partial charge in [-0.2, -0.15) is 0 Å². The van der Waals surface area contributed by atoms with Crippen LogP contribution >= 0.6 is 0 Å². The third-order valence-electron chi connectivity index (χ3n) is 7.84. The second-order valence-electron chi connectivity index (χ2n) is 11.7. The van der Waals surface area contributed by atoms with Crippen LogP contribution in [-0.4, -0.2) is 54.0 Å². The minimum absolute atomic E-state index is 0. The van der Waals surface area contributed by atoms with Crippen LogP contribution < -0.4 is 27.0 Å². The van der Waals surface area contributed by atoms with E-state index in [1.807, 2.05) is 35.9 Å². The van der Waals surface area contributed by atoms with Crippen molar-refractivity contribution in [2.75, 3.05) is 19.8 Å². The van der Waals surface area contributed by atoms with Crippen molar-refractivity contribution in [2.45, 2.75) is 136 Å². The van der Waals surface area contributed by atoms with E-state index >= 15 is 0 Å². The molecule has 2 aromatic rings. The maximum Gasteiger partial charge on any atom is 0.417 e. The first-order valence-corrected chi connectivity index (χ1v) is 17.3. The van der Waals surface area contributed by atoms with E-state index in [9.17, 15) is 14.4 Å². The molecule has 0 spiro atoms. The molecular weight excluding hydrogens is 624 g/mol. The van der Waals surface area contributed by atoms with E-state index in [0.717, 1.165) is 29.9 Å². The molecule has 0 radical (unpaired) electrons. The molecule has 1 atom stereocenters. The summed E-state index contributed by atoms with van der Waals surface area (Å²) in [6.07, 6.45) is 20.2. The summed E-state index contributed by atoms with van der Waals surface area (Å²) in [6.45, 7) is 6.32. The molecule has 0 aliphatic heterocycles. The van der Waals surface area contributed by atoms with Gasteiger partial charge in [0.25, 0.3) is 5.88 Å². The number of nitrogens with one attached hydrogen (secondary N) is 1. The summed E-state index contributed by atoms with van der Waals surface area (Å²) < 4.78 is 23.2.